The summed E-state index contributed by atoms with van der Waals surface area (Å²) in [7, 11) is -3.41. The zero-order valence-electron chi connectivity index (χ0n) is 20.7. The molecule has 4 heterocycles. The Morgan fingerprint density at radius 2 is 1.97 bits per heavy atom. The van der Waals surface area contributed by atoms with Gasteiger partial charge in [0, 0.05) is 29.1 Å². The van der Waals surface area contributed by atoms with Gasteiger partial charge < -0.3 is 9.84 Å². The molecule has 0 saturated carbocycles. The van der Waals surface area contributed by atoms with Crippen molar-refractivity contribution < 1.29 is 23.1 Å². The minimum absolute atomic E-state index is 0.00956. The van der Waals surface area contributed by atoms with E-state index in [2.05, 4.69) is 0 Å². The maximum atomic E-state index is 13.5. The molecule has 1 atom stereocenters. The van der Waals surface area contributed by atoms with Crippen molar-refractivity contribution in [2.75, 3.05) is 19.4 Å². The first-order chi connectivity index (χ1) is 17.0. The average Bonchev–Trinajstić information content (AvgIpc) is 3.19. The summed E-state index contributed by atoms with van der Waals surface area (Å²) in [6.45, 7) is 5.54. The van der Waals surface area contributed by atoms with Gasteiger partial charge in [-0.2, -0.15) is 4.31 Å². The Hall–Kier alpha value is -3.08. The van der Waals surface area contributed by atoms with E-state index in [1.54, 1.807) is 17.6 Å². The number of hydrogen-bond acceptors (Lipinski definition) is 7. The van der Waals surface area contributed by atoms with Gasteiger partial charge in [-0.3, -0.25) is 14.2 Å². The third-order valence-corrected chi connectivity index (χ3v) is 8.73. The van der Waals surface area contributed by atoms with Crippen molar-refractivity contribution in [3.8, 4) is 17.1 Å². The number of sulfonamides is 1. The number of aromatic nitrogens is 2. The molecule has 2 aromatic heterocycles. The summed E-state index contributed by atoms with van der Waals surface area (Å²) in [4.78, 5) is 30.9. The summed E-state index contributed by atoms with van der Waals surface area (Å²) in [5, 5.41) is 12.0. The van der Waals surface area contributed by atoms with Crippen molar-refractivity contribution in [2.24, 2.45) is 0 Å². The van der Waals surface area contributed by atoms with Crippen LogP contribution in [-0.4, -0.2) is 58.6 Å². The normalized spacial score (nSPS) is 18.9. The molecule has 190 valence electrons. The van der Waals surface area contributed by atoms with Crippen LogP contribution in [0.4, 0.5) is 0 Å². The van der Waals surface area contributed by atoms with Crippen LogP contribution in [0.1, 0.15) is 43.9 Å². The predicted octanol–water partition coefficient (Wildman–Crippen LogP) is 2.20. The van der Waals surface area contributed by atoms with Crippen LogP contribution < -0.4 is 10.3 Å². The fourth-order valence-corrected chi connectivity index (χ4v) is 6.59. The summed E-state index contributed by atoms with van der Waals surface area (Å²) in [5.74, 6) is -0.494. The molecule has 1 aromatic carbocycles. The number of aliphatic hydroxyl groups is 1. The largest absolute Gasteiger partial charge is 0.480 e. The van der Waals surface area contributed by atoms with Crippen LogP contribution in [0, 0.1) is 0 Å². The van der Waals surface area contributed by atoms with E-state index in [0.717, 1.165) is 22.0 Å². The van der Waals surface area contributed by atoms with E-state index in [-0.39, 0.29) is 43.5 Å². The summed E-state index contributed by atoms with van der Waals surface area (Å²) in [6, 6.07) is 9.06. The molecule has 0 fully saturated rings. The van der Waals surface area contributed by atoms with Crippen LogP contribution in [0.15, 0.2) is 35.1 Å². The monoisotopic (exact) mass is 511 g/mol. The second-order valence-electron chi connectivity index (χ2n) is 9.74. The Balaban J connectivity index is 1.70. The van der Waals surface area contributed by atoms with Crippen molar-refractivity contribution >= 4 is 26.7 Å². The first-order valence-corrected chi connectivity index (χ1v) is 13.9. The number of benzene rings is 1. The molecule has 0 spiro atoms. The first kappa shape index (κ1) is 24.6. The fourth-order valence-electron chi connectivity index (χ4n) is 5.40. The van der Waals surface area contributed by atoms with Gasteiger partial charge in [-0.25, -0.2) is 13.4 Å². The van der Waals surface area contributed by atoms with Gasteiger partial charge in [0.15, 0.2) is 18.0 Å². The molecule has 0 saturated heterocycles. The minimum atomic E-state index is -3.41. The Kier molecular flexibility index (Phi) is 5.81. The van der Waals surface area contributed by atoms with Gasteiger partial charge >= 0.3 is 0 Å². The van der Waals surface area contributed by atoms with E-state index in [1.807, 2.05) is 38.1 Å². The molecule has 0 bridgehead atoms. The highest BCUT2D eigenvalue weighted by Crippen LogP contribution is 2.41. The molecule has 0 amide bonds. The summed E-state index contributed by atoms with van der Waals surface area (Å²) in [5.41, 5.74) is 1.53. The smallest absolute Gasteiger partial charge is 0.294 e. The third kappa shape index (κ3) is 3.66. The van der Waals surface area contributed by atoms with Crippen LogP contribution in [0.5, 0.6) is 5.75 Å². The first-order valence-electron chi connectivity index (χ1n) is 12.0. The lowest BCUT2D eigenvalue weighted by Gasteiger charge is -2.32. The summed E-state index contributed by atoms with van der Waals surface area (Å²) in [6.07, 6.45) is 1.76. The number of nitrogens with zero attached hydrogens (tertiary/aromatic N) is 3. The van der Waals surface area contributed by atoms with E-state index in [4.69, 9.17) is 9.72 Å². The molecular weight excluding hydrogens is 482 g/mol. The number of hydrogen-bond donors (Lipinski definition) is 1. The molecule has 9 nitrogen and oxygen atoms in total. The molecule has 3 aromatic rings. The second kappa shape index (κ2) is 8.50. The highest BCUT2D eigenvalue weighted by atomic mass is 32.2. The van der Waals surface area contributed by atoms with Crippen molar-refractivity contribution in [3.05, 3.63) is 57.4 Å². The maximum absolute atomic E-state index is 13.5. The second-order valence-corrected chi connectivity index (χ2v) is 11.7. The zero-order valence-corrected chi connectivity index (χ0v) is 21.6. The zero-order chi connectivity index (χ0) is 26.0. The van der Waals surface area contributed by atoms with Gasteiger partial charge in [0.05, 0.1) is 29.7 Å². The van der Waals surface area contributed by atoms with Crippen LogP contribution in [-0.2, 0) is 33.4 Å². The van der Waals surface area contributed by atoms with Crippen molar-refractivity contribution in [3.63, 3.8) is 0 Å². The van der Waals surface area contributed by atoms with Gasteiger partial charge in [0.2, 0.25) is 15.8 Å². The minimum Gasteiger partial charge on any atom is -0.480 e. The fraction of sp³-hybridized carbons (Fsp3) is 0.423. The molecule has 2 aliphatic rings. The predicted molar refractivity (Wildman–Crippen MR) is 136 cm³/mol. The topological polar surface area (TPSA) is 119 Å². The molecule has 10 heteroatoms. The highest BCUT2D eigenvalue weighted by molar-refractivity contribution is 7.88. The number of rotatable bonds is 6. The van der Waals surface area contributed by atoms with Gasteiger partial charge in [0.25, 0.3) is 5.56 Å². The molecular formula is C26H29N3O6S. The van der Waals surface area contributed by atoms with E-state index < -0.39 is 27.0 Å². The Labute approximate surface area is 209 Å². The van der Waals surface area contributed by atoms with Gasteiger partial charge in [0.1, 0.15) is 0 Å². The van der Waals surface area contributed by atoms with Crippen molar-refractivity contribution in [1.82, 2.24) is 13.9 Å². The third-order valence-electron chi connectivity index (χ3n) is 7.28. The van der Waals surface area contributed by atoms with E-state index >= 15 is 0 Å². The number of carbonyl (C=O) groups is 1. The van der Waals surface area contributed by atoms with Gasteiger partial charge in [-0.1, -0.05) is 25.1 Å². The lowest BCUT2D eigenvalue weighted by atomic mass is 9.85. The quantitative estimate of drug-likeness (QED) is 0.422. The lowest BCUT2D eigenvalue weighted by molar-refractivity contribution is -0.143. The Morgan fingerprint density at radius 1 is 1.25 bits per heavy atom. The maximum Gasteiger partial charge on any atom is 0.294 e. The number of carbonyl (C=O) groups excluding carboxylic acids is 1. The molecule has 0 unspecified atom stereocenters. The number of para-hydroxylation sites is 1. The number of pyridine rings is 2. The van der Waals surface area contributed by atoms with Gasteiger partial charge in [-0.15, -0.1) is 0 Å². The number of fused-ring (bicyclic) bond motifs is 5. The summed E-state index contributed by atoms with van der Waals surface area (Å²) >= 11 is 0. The molecule has 0 aliphatic carbocycles. The Morgan fingerprint density at radius 3 is 2.64 bits per heavy atom. The van der Waals surface area contributed by atoms with Crippen LogP contribution in [0.2, 0.25) is 0 Å². The van der Waals surface area contributed by atoms with E-state index in [9.17, 15) is 23.1 Å². The van der Waals surface area contributed by atoms with Crippen LogP contribution >= 0.6 is 0 Å². The molecule has 5 rings (SSSR count). The molecule has 2 aliphatic heterocycles. The number of ether oxygens (including phenoxy) is 1. The standard InChI is InChI=1S/C26H29N3O6S/c1-5-26(32)19-12-21-23-18(13-28(21)25(31)24(19)35-14-22(26)30)16(17-8-6-7-9-20(17)27-23)10-11-29(15(2)3)36(4,33)34/h6-9,12,15,32H,5,10-11,13-14H2,1-4H3/t26-/m0/s1. The molecule has 1 N–H and O–H groups in total. The average molecular weight is 512 g/mol. The number of Topliss-reactive ketones (excluding diaryl/α,β-unsaturated/α-hetero) is 1. The summed E-state index contributed by atoms with van der Waals surface area (Å²) < 4.78 is 33.3. The molecule has 36 heavy (non-hydrogen) atoms. The molecule has 0 radical (unpaired) electrons. The SMILES string of the molecule is CC[C@@]1(O)C(=O)COc2c1cc1n(c2=O)Cc2c-1nc1ccccc1c2CCN(C(C)C)S(C)(=O)=O. The highest BCUT2D eigenvalue weighted by Gasteiger charge is 2.45. The van der Waals surface area contributed by atoms with Crippen LogP contribution in [0.25, 0.3) is 22.3 Å². The van der Waals surface area contributed by atoms with Crippen molar-refractivity contribution in [1.29, 1.82) is 0 Å². The lowest BCUT2D eigenvalue weighted by Crippen LogP contribution is -2.45. The van der Waals surface area contributed by atoms with Crippen molar-refractivity contribution in [2.45, 2.75) is 51.8 Å². The Bertz CT molecular complexity index is 1580. The van der Waals surface area contributed by atoms with E-state index in [0.29, 0.717) is 17.8 Å². The number of ketones is 1. The van der Waals surface area contributed by atoms with Crippen LogP contribution in [0.3, 0.4) is 0 Å². The van der Waals surface area contributed by atoms with E-state index in [1.165, 1.54) is 10.6 Å². The van der Waals surface area contributed by atoms with Gasteiger partial charge in [-0.05, 0) is 44.4 Å².